The van der Waals surface area contributed by atoms with Crippen molar-refractivity contribution in [2.45, 2.75) is 110 Å². The normalized spacial score (nSPS) is 15.1. The second kappa shape index (κ2) is 15.5. The van der Waals surface area contributed by atoms with Gasteiger partial charge in [0.05, 0.1) is 18.8 Å². The van der Waals surface area contributed by atoms with Crippen molar-refractivity contribution in [1.29, 1.82) is 0 Å². The molecular formula is C29H42FN3O3. The lowest BCUT2D eigenvalue weighted by Gasteiger charge is -2.24. The molecule has 36 heavy (non-hydrogen) atoms. The largest absolute Gasteiger partial charge is 0.478 e. The summed E-state index contributed by atoms with van der Waals surface area (Å²) in [5.74, 6) is -0.0308. The molecule has 198 valence electrons. The minimum atomic E-state index is -0.768. The van der Waals surface area contributed by atoms with E-state index in [1.54, 1.807) is 18.3 Å². The Labute approximate surface area is 215 Å². The van der Waals surface area contributed by atoms with E-state index >= 15 is 0 Å². The van der Waals surface area contributed by atoms with E-state index in [1.807, 2.05) is 0 Å². The fraction of sp³-hybridized carbons (Fsp3) is 0.655. The van der Waals surface area contributed by atoms with Crippen LogP contribution in [0.4, 0.5) is 4.39 Å². The first-order valence-electron chi connectivity index (χ1n) is 14.0. The van der Waals surface area contributed by atoms with Crippen molar-refractivity contribution >= 4 is 5.78 Å². The van der Waals surface area contributed by atoms with Crippen molar-refractivity contribution < 1.29 is 18.7 Å². The summed E-state index contributed by atoms with van der Waals surface area (Å²) in [6, 6.07) is 3.45. The molecule has 0 aromatic carbocycles. The van der Waals surface area contributed by atoms with Crippen LogP contribution in [0, 0.1) is 5.95 Å². The van der Waals surface area contributed by atoms with Crippen molar-refractivity contribution in [2.75, 3.05) is 13.2 Å². The number of aromatic nitrogens is 3. The Bertz CT molecular complexity index is 953. The first kappa shape index (κ1) is 28.0. The number of pyridine rings is 1. The molecule has 0 saturated carbocycles. The number of rotatable bonds is 17. The van der Waals surface area contributed by atoms with Gasteiger partial charge in [0.1, 0.15) is 5.82 Å². The maximum Gasteiger partial charge on any atom is 0.227 e. The van der Waals surface area contributed by atoms with Crippen molar-refractivity contribution in [1.82, 2.24) is 15.0 Å². The Hall–Kier alpha value is -2.57. The van der Waals surface area contributed by atoms with Crippen molar-refractivity contribution in [3.05, 3.63) is 41.2 Å². The van der Waals surface area contributed by atoms with E-state index in [4.69, 9.17) is 9.47 Å². The van der Waals surface area contributed by atoms with Gasteiger partial charge in [-0.3, -0.25) is 4.79 Å². The highest BCUT2D eigenvalue weighted by Crippen LogP contribution is 2.38. The van der Waals surface area contributed by atoms with E-state index in [0.717, 1.165) is 25.7 Å². The van der Waals surface area contributed by atoms with Crippen LogP contribution in [0.15, 0.2) is 18.3 Å². The fourth-order valence-electron chi connectivity index (χ4n) is 4.68. The van der Waals surface area contributed by atoms with Gasteiger partial charge in [-0.15, -0.1) is 0 Å². The van der Waals surface area contributed by atoms with Crippen LogP contribution in [-0.2, 0) is 0 Å². The monoisotopic (exact) mass is 499 g/mol. The molecule has 6 nitrogen and oxygen atoms in total. The third-order valence-corrected chi connectivity index (χ3v) is 6.75. The second-order valence-corrected chi connectivity index (χ2v) is 9.72. The highest BCUT2D eigenvalue weighted by Gasteiger charge is 2.33. The number of unbranched alkanes of at least 4 members (excludes halogenated alkanes) is 10. The number of ether oxygens (including phenoxy) is 2. The summed E-state index contributed by atoms with van der Waals surface area (Å²) in [4.78, 5) is 25.5. The third-order valence-electron chi connectivity index (χ3n) is 6.75. The number of fused-ring (bicyclic) bond motifs is 1. The highest BCUT2D eigenvalue weighted by atomic mass is 19.1. The lowest BCUT2D eigenvalue weighted by molar-refractivity contribution is 0.0963. The van der Waals surface area contributed by atoms with Crippen LogP contribution in [-0.4, -0.2) is 33.9 Å². The maximum atomic E-state index is 14.9. The Balaban J connectivity index is 1.63. The number of hydrogen-bond acceptors (Lipinski definition) is 6. The van der Waals surface area contributed by atoms with Gasteiger partial charge in [0.15, 0.2) is 5.78 Å². The number of carbonyl (C=O) groups excluding carboxylic acids is 1. The van der Waals surface area contributed by atoms with Crippen LogP contribution in [0.5, 0.6) is 11.8 Å². The molecule has 1 aliphatic carbocycles. The van der Waals surface area contributed by atoms with Crippen LogP contribution in [0.2, 0.25) is 0 Å². The Kier molecular flexibility index (Phi) is 12.1. The van der Waals surface area contributed by atoms with Crippen LogP contribution >= 0.6 is 0 Å². The summed E-state index contributed by atoms with van der Waals surface area (Å²) in [5, 5.41) is 0. The smallest absolute Gasteiger partial charge is 0.227 e. The zero-order valence-electron chi connectivity index (χ0n) is 22.1. The molecule has 0 bridgehead atoms. The van der Waals surface area contributed by atoms with Gasteiger partial charge in [0.2, 0.25) is 17.7 Å². The number of carbonyl (C=O) groups is 1. The summed E-state index contributed by atoms with van der Waals surface area (Å²) in [5.41, 5.74) is 0.602. The standard InChI is InChI=1S/C29H42FN3O3/c1-3-5-7-9-11-13-19-35-25-17-18-31-29(33-25)22-15-16-24(34)27-23(22)21-26(32-28(27)30)36-20-14-12-10-8-6-4-2/h17-18,21-22H,3-16,19-20H2,1-2H3. The molecule has 7 heteroatoms. The number of halogens is 1. The molecule has 0 fully saturated rings. The van der Waals surface area contributed by atoms with Crippen molar-refractivity contribution in [3.8, 4) is 11.8 Å². The average Bonchev–Trinajstić information content (AvgIpc) is 2.88. The Morgan fingerprint density at radius 2 is 1.47 bits per heavy atom. The zero-order chi connectivity index (χ0) is 25.6. The van der Waals surface area contributed by atoms with Crippen molar-refractivity contribution in [3.63, 3.8) is 0 Å². The average molecular weight is 500 g/mol. The van der Waals surface area contributed by atoms with E-state index < -0.39 is 5.95 Å². The minimum Gasteiger partial charge on any atom is -0.478 e. The van der Waals surface area contributed by atoms with Gasteiger partial charge in [-0.05, 0) is 24.8 Å². The van der Waals surface area contributed by atoms with E-state index in [0.29, 0.717) is 36.9 Å². The summed E-state index contributed by atoms with van der Waals surface area (Å²) in [7, 11) is 0. The highest BCUT2D eigenvalue weighted by molar-refractivity contribution is 5.99. The molecule has 0 saturated heterocycles. The molecule has 2 aromatic rings. The first-order valence-corrected chi connectivity index (χ1v) is 14.0. The Morgan fingerprint density at radius 1 is 0.861 bits per heavy atom. The van der Waals surface area contributed by atoms with Crippen LogP contribution in [0.1, 0.15) is 131 Å². The van der Waals surface area contributed by atoms with E-state index in [-0.39, 0.29) is 29.6 Å². The molecule has 0 spiro atoms. The fourth-order valence-corrected chi connectivity index (χ4v) is 4.68. The number of hydrogen-bond donors (Lipinski definition) is 0. The molecule has 0 amide bonds. The lowest BCUT2D eigenvalue weighted by Crippen LogP contribution is -2.21. The second-order valence-electron chi connectivity index (χ2n) is 9.72. The first-order chi connectivity index (χ1) is 17.6. The molecule has 1 aliphatic rings. The molecular weight excluding hydrogens is 457 g/mol. The quantitative estimate of drug-likeness (QED) is 0.165. The number of nitrogens with zero attached hydrogens (tertiary/aromatic N) is 3. The summed E-state index contributed by atoms with van der Waals surface area (Å²) in [6.45, 7) is 5.50. The van der Waals surface area contributed by atoms with E-state index in [9.17, 15) is 9.18 Å². The molecule has 0 N–H and O–H groups in total. The van der Waals surface area contributed by atoms with Gasteiger partial charge in [-0.25, -0.2) is 4.98 Å². The number of Topliss-reactive ketones (excluding diaryl/α,β-unsaturated/α-hetero) is 1. The predicted octanol–water partition coefficient (Wildman–Crippen LogP) is 7.60. The van der Waals surface area contributed by atoms with Gasteiger partial charge in [0.25, 0.3) is 0 Å². The summed E-state index contributed by atoms with van der Waals surface area (Å²) >= 11 is 0. The van der Waals surface area contributed by atoms with Gasteiger partial charge >= 0.3 is 0 Å². The molecule has 2 heterocycles. The third kappa shape index (κ3) is 8.52. The van der Waals surface area contributed by atoms with Gasteiger partial charge in [-0.2, -0.15) is 14.4 Å². The molecule has 3 rings (SSSR count). The number of ketones is 1. The van der Waals surface area contributed by atoms with Gasteiger partial charge in [0, 0.05) is 30.7 Å². The van der Waals surface area contributed by atoms with Crippen LogP contribution < -0.4 is 9.47 Å². The zero-order valence-corrected chi connectivity index (χ0v) is 22.1. The van der Waals surface area contributed by atoms with Crippen LogP contribution in [0.25, 0.3) is 0 Å². The Morgan fingerprint density at radius 3 is 2.14 bits per heavy atom. The minimum absolute atomic E-state index is 0.0418. The molecule has 0 radical (unpaired) electrons. The van der Waals surface area contributed by atoms with Crippen molar-refractivity contribution in [2.24, 2.45) is 0 Å². The van der Waals surface area contributed by atoms with Gasteiger partial charge < -0.3 is 9.47 Å². The molecule has 1 atom stereocenters. The lowest BCUT2D eigenvalue weighted by atomic mass is 9.82. The SMILES string of the molecule is CCCCCCCCOc1ccnc(C2CCC(=O)c3c2cc(OCCCCCCCC)nc3F)n1. The maximum absolute atomic E-state index is 14.9. The molecule has 0 aliphatic heterocycles. The molecule has 1 unspecified atom stereocenters. The summed E-state index contributed by atoms with van der Waals surface area (Å²) < 4.78 is 26.6. The van der Waals surface area contributed by atoms with E-state index in [2.05, 4.69) is 28.8 Å². The predicted molar refractivity (Wildman–Crippen MR) is 139 cm³/mol. The topological polar surface area (TPSA) is 74.2 Å². The van der Waals surface area contributed by atoms with E-state index in [1.165, 1.54) is 51.4 Å². The van der Waals surface area contributed by atoms with Crippen LogP contribution in [0.3, 0.4) is 0 Å². The molecule has 2 aromatic heterocycles. The summed E-state index contributed by atoms with van der Waals surface area (Å²) in [6.07, 6.45) is 16.4. The van der Waals surface area contributed by atoms with Gasteiger partial charge in [-0.1, -0.05) is 78.1 Å².